The molecule has 0 saturated heterocycles. The first-order valence-corrected chi connectivity index (χ1v) is 7.09. The second-order valence-electron chi connectivity index (χ2n) is 5.43. The Morgan fingerprint density at radius 3 is 2.80 bits per heavy atom. The van der Waals surface area contributed by atoms with E-state index in [4.69, 9.17) is 10.3 Å². The minimum atomic E-state index is 0.247. The van der Waals surface area contributed by atoms with Crippen molar-refractivity contribution in [1.82, 2.24) is 15.1 Å². The van der Waals surface area contributed by atoms with Gasteiger partial charge in [0.1, 0.15) is 5.69 Å². The van der Waals surface area contributed by atoms with Crippen LogP contribution in [0.3, 0.4) is 0 Å². The second kappa shape index (κ2) is 6.61. The average molecular weight is 274 g/mol. The van der Waals surface area contributed by atoms with E-state index in [1.165, 1.54) is 0 Å². The van der Waals surface area contributed by atoms with Crippen molar-refractivity contribution in [3.63, 3.8) is 0 Å². The SMILES string of the molecule is Cc1cccnc1-c1noc(C(C)CCCC(C)N)n1. The predicted molar refractivity (Wildman–Crippen MR) is 78.2 cm³/mol. The highest BCUT2D eigenvalue weighted by Gasteiger charge is 2.16. The number of hydrogen-bond acceptors (Lipinski definition) is 5. The van der Waals surface area contributed by atoms with Crippen LogP contribution in [0.1, 0.15) is 50.5 Å². The van der Waals surface area contributed by atoms with Crippen LogP contribution in [-0.4, -0.2) is 21.2 Å². The lowest BCUT2D eigenvalue weighted by atomic mass is 10.0. The summed E-state index contributed by atoms with van der Waals surface area (Å²) in [5.41, 5.74) is 7.58. The van der Waals surface area contributed by atoms with Crippen molar-refractivity contribution in [2.24, 2.45) is 5.73 Å². The number of aryl methyl sites for hydroxylation is 1. The summed E-state index contributed by atoms with van der Waals surface area (Å²) in [5.74, 6) is 1.49. The molecule has 0 spiro atoms. The third kappa shape index (κ3) is 3.63. The van der Waals surface area contributed by atoms with Crippen LogP contribution in [0.25, 0.3) is 11.5 Å². The minimum absolute atomic E-state index is 0.247. The summed E-state index contributed by atoms with van der Waals surface area (Å²) < 4.78 is 5.36. The summed E-state index contributed by atoms with van der Waals surface area (Å²) in [5, 5.41) is 4.04. The molecule has 2 heterocycles. The molecular formula is C15H22N4O. The molecule has 2 N–H and O–H groups in total. The molecule has 0 radical (unpaired) electrons. The van der Waals surface area contributed by atoms with E-state index >= 15 is 0 Å². The predicted octanol–water partition coefficient (Wildman–Crippen LogP) is 3.06. The minimum Gasteiger partial charge on any atom is -0.339 e. The topological polar surface area (TPSA) is 77.8 Å². The van der Waals surface area contributed by atoms with E-state index in [0.29, 0.717) is 11.7 Å². The van der Waals surface area contributed by atoms with Gasteiger partial charge < -0.3 is 10.3 Å². The maximum Gasteiger partial charge on any atom is 0.229 e. The maximum absolute atomic E-state index is 5.75. The number of pyridine rings is 1. The van der Waals surface area contributed by atoms with Crippen LogP contribution in [0.4, 0.5) is 0 Å². The van der Waals surface area contributed by atoms with Gasteiger partial charge in [-0.3, -0.25) is 4.98 Å². The molecule has 2 aromatic heterocycles. The number of nitrogens with two attached hydrogens (primary N) is 1. The van der Waals surface area contributed by atoms with Crippen LogP contribution in [-0.2, 0) is 0 Å². The van der Waals surface area contributed by atoms with E-state index in [1.807, 2.05) is 26.0 Å². The Morgan fingerprint density at radius 2 is 2.10 bits per heavy atom. The fraction of sp³-hybridized carbons (Fsp3) is 0.533. The second-order valence-corrected chi connectivity index (χ2v) is 5.43. The van der Waals surface area contributed by atoms with Crippen LogP contribution < -0.4 is 5.73 Å². The Labute approximate surface area is 119 Å². The smallest absolute Gasteiger partial charge is 0.229 e. The van der Waals surface area contributed by atoms with E-state index in [-0.39, 0.29) is 12.0 Å². The summed E-state index contributed by atoms with van der Waals surface area (Å²) in [6.07, 6.45) is 4.83. The molecule has 0 aliphatic carbocycles. The summed E-state index contributed by atoms with van der Waals surface area (Å²) in [6, 6.07) is 4.14. The van der Waals surface area contributed by atoms with E-state index < -0.39 is 0 Å². The van der Waals surface area contributed by atoms with Crippen molar-refractivity contribution in [1.29, 1.82) is 0 Å². The Balaban J connectivity index is 2.03. The third-order valence-corrected chi connectivity index (χ3v) is 3.38. The molecule has 0 amide bonds. The van der Waals surface area contributed by atoms with E-state index in [9.17, 15) is 0 Å². The summed E-state index contributed by atoms with van der Waals surface area (Å²) >= 11 is 0. The zero-order valence-corrected chi connectivity index (χ0v) is 12.3. The van der Waals surface area contributed by atoms with Gasteiger partial charge in [0.2, 0.25) is 11.7 Å². The van der Waals surface area contributed by atoms with Crippen LogP contribution in [0.2, 0.25) is 0 Å². The molecule has 2 aromatic rings. The first-order valence-electron chi connectivity index (χ1n) is 7.09. The lowest BCUT2D eigenvalue weighted by Crippen LogP contribution is -2.14. The van der Waals surface area contributed by atoms with Gasteiger partial charge in [0.15, 0.2) is 0 Å². The summed E-state index contributed by atoms with van der Waals surface area (Å²) in [6.45, 7) is 6.12. The zero-order valence-electron chi connectivity index (χ0n) is 12.3. The summed E-state index contributed by atoms with van der Waals surface area (Å²) in [4.78, 5) is 8.77. The highest BCUT2D eigenvalue weighted by Crippen LogP contribution is 2.23. The quantitative estimate of drug-likeness (QED) is 0.875. The molecule has 0 aromatic carbocycles. The average Bonchev–Trinajstić information content (AvgIpc) is 2.88. The van der Waals surface area contributed by atoms with Crippen molar-refractivity contribution in [3.8, 4) is 11.5 Å². The Hall–Kier alpha value is -1.75. The lowest BCUT2D eigenvalue weighted by Gasteiger charge is -2.07. The highest BCUT2D eigenvalue weighted by molar-refractivity contribution is 5.53. The molecule has 0 fully saturated rings. The van der Waals surface area contributed by atoms with Crippen LogP contribution in [0, 0.1) is 6.92 Å². The lowest BCUT2D eigenvalue weighted by molar-refractivity contribution is 0.349. The fourth-order valence-corrected chi connectivity index (χ4v) is 2.12. The van der Waals surface area contributed by atoms with Gasteiger partial charge in [-0.15, -0.1) is 0 Å². The number of hydrogen-bond donors (Lipinski definition) is 1. The van der Waals surface area contributed by atoms with E-state index in [0.717, 1.165) is 30.5 Å². The van der Waals surface area contributed by atoms with Gasteiger partial charge in [0.25, 0.3) is 0 Å². The van der Waals surface area contributed by atoms with Crippen molar-refractivity contribution in [2.45, 2.75) is 52.0 Å². The zero-order chi connectivity index (χ0) is 14.5. The number of nitrogens with zero attached hydrogens (tertiary/aromatic N) is 3. The van der Waals surface area contributed by atoms with Gasteiger partial charge in [-0.1, -0.05) is 24.6 Å². The first kappa shape index (κ1) is 14.7. The molecule has 20 heavy (non-hydrogen) atoms. The monoisotopic (exact) mass is 274 g/mol. The van der Waals surface area contributed by atoms with Crippen molar-refractivity contribution in [3.05, 3.63) is 29.8 Å². The first-order chi connectivity index (χ1) is 9.58. The molecule has 108 valence electrons. The molecular weight excluding hydrogens is 252 g/mol. The third-order valence-electron chi connectivity index (χ3n) is 3.38. The van der Waals surface area contributed by atoms with Gasteiger partial charge in [-0.2, -0.15) is 4.98 Å². The largest absolute Gasteiger partial charge is 0.339 e. The van der Waals surface area contributed by atoms with Crippen molar-refractivity contribution < 1.29 is 4.52 Å². The summed E-state index contributed by atoms with van der Waals surface area (Å²) in [7, 11) is 0. The van der Waals surface area contributed by atoms with Crippen LogP contribution >= 0.6 is 0 Å². The Kier molecular flexibility index (Phi) is 4.84. The standard InChI is InChI=1S/C15H22N4O/c1-10-7-5-9-17-13(10)14-18-15(20-19-14)11(2)6-4-8-12(3)16/h5,7,9,11-12H,4,6,8,16H2,1-3H3. The number of aromatic nitrogens is 3. The van der Waals surface area contributed by atoms with E-state index in [1.54, 1.807) is 6.20 Å². The molecule has 5 heteroatoms. The number of rotatable bonds is 6. The normalized spacial score (nSPS) is 14.2. The molecule has 0 aliphatic rings. The Morgan fingerprint density at radius 1 is 1.30 bits per heavy atom. The molecule has 2 unspecified atom stereocenters. The molecule has 0 bridgehead atoms. The van der Waals surface area contributed by atoms with E-state index in [2.05, 4.69) is 22.0 Å². The molecule has 0 saturated carbocycles. The fourth-order valence-electron chi connectivity index (χ4n) is 2.12. The molecule has 2 atom stereocenters. The van der Waals surface area contributed by atoms with Gasteiger partial charge in [-0.05, 0) is 38.3 Å². The van der Waals surface area contributed by atoms with Crippen LogP contribution in [0.15, 0.2) is 22.9 Å². The van der Waals surface area contributed by atoms with Crippen molar-refractivity contribution in [2.75, 3.05) is 0 Å². The van der Waals surface area contributed by atoms with Gasteiger partial charge in [0.05, 0.1) is 0 Å². The van der Waals surface area contributed by atoms with Crippen molar-refractivity contribution >= 4 is 0 Å². The van der Waals surface area contributed by atoms with Gasteiger partial charge in [0, 0.05) is 18.2 Å². The van der Waals surface area contributed by atoms with Gasteiger partial charge in [-0.25, -0.2) is 0 Å². The maximum atomic E-state index is 5.75. The molecule has 5 nitrogen and oxygen atoms in total. The van der Waals surface area contributed by atoms with Crippen LogP contribution in [0.5, 0.6) is 0 Å². The molecule has 0 aliphatic heterocycles. The Bertz CT molecular complexity index is 550. The van der Waals surface area contributed by atoms with Gasteiger partial charge >= 0.3 is 0 Å². The molecule has 2 rings (SSSR count). The highest BCUT2D eigenvalue weighted by atomic mass is 16.5.